The lowest BCUT2D eigenvalue weighted by Crippen LogP contribution is -2.63. The summed E-state index contributed by atoms with van der Waals surface area (Å²) >= 11 is 0. The topological polar surface area (TPSA) is 40.6 Å². The molecule has 3 aliphatic carbocycles. The van der Waals surface area contributed by atoms with Crippen LogP contribution in [0.5, 0.6) is 0 Å². The second-order valence-corrected chi connectivity index (χ2v) is 12.8. The second kappa shape index (κ2) is 9.19. The number of hydrogen-bond donors (Lipinski definition) is 0. The van der Waals surface area contributed by atoms with Crippen LogP contribution in [-0.4, -0.2) is 47.8 Å². The zero-order valence-corrected chi connectivity index (χ0v) is 22.5. The molecule has 0 aromatic carbocycles. The molecule has 4 heteroatoms. The zero-order valence-electron chi connectivity index (χ0n) is 22.5. The summed E-state index contributed by atoms with van der Waals surface area (Å²) in [5.41, 5.74) is 0.716. The molecule has 2 amide bonds. The Bertz CT molecular complexity index is 748. The van der Waals surface area contributed by atoms with Crippen molar-refractivity contribution in [1.82, 2.24) is 9.80 Å². The van der Waals surface area contributed by atoms with Crippen LogP contribution in [0.4, 0.5) is 0 Å². The molecular weight excluding hydrogens is 408 g/mol. The van der Waals surface area contributed by atoms with E-state index in [0.717, 1.165) is 56.0 Å². The van der Waals surface area contributed by atoms with E-state index in [0.29, 0.717) is 46.9 Å². The predicted octanol–water partition coefficient (Wildman–Crippen LogP) is 6.00. The first-order valence-electron chi connectivity index (χ1n) is 14.1. The summed E-state index contributed by atoms with van der Waals surface area (Å²) in [5, 5.41) is 0. The van der Waals surface area contributed by atoms with Crippen LogP contribution >= 0.6 is 0 Å². The van der Waals surface area contributed by atoms with Crippen molar-refractivity contribution < 1.29 is 9.59 Å². The van der Waals surface area contributed by atoms with E-state index >= 15 is 0 Å². The van der Waals surface area contributed by atoms with E-state index in [1.165, 1.54) is 32.1 Å². The van der Waals surface area contributed by atoms with Crippen LogP contribution < -0.4 is 0 Å². The van der Waals surface area contributed by atoms with Crippen LogP contribution in [0.25, 0.3) is 0 Å². The summed E-state index contributed by atoms with van der Waals surface area (Å²) < 4.78 is 0. The van der Waals surface area contributed by atoms with Crippen molar-refractivity contribution >= 4 is 11.8 Å². The Kier molecular flexibility index (Phi) is 6.97. The maximum absolute atomic E-state index is 12.6. The highest BCUT2D eigenvalue weighted by molar-refractivity contribution is 5.77. The van der Waals surface area contributed by atoms with E-state index in [4.69, 9.17) is 0 Å². The molecule has 0 bridgehead atoms. The van der Waals surface area contributed by atoms with Gasteiger partial charge in [-0.2, -0.15) is 0 Å². The van der Waals surface area contributed by atoms with Crippen molar-refractivity contribution in [3.05, 3.63) is 0 Å². The number of amides is 2. The maximum Gasteiger partial charge on any atom is 0.222 e. The number of carbonyl (C=O) groups is 2. The van der Waals surface area contributed by atoms with Gasteiger partial charge >= 0.3 is 0 Å². The van der Waals surface area contributed by atoms with Crippen LogP contribution in [0.1, 0.15) is 99.3 Å². The Morgan fingerprint density at radius 2 is 1.76 bits per heavy atom. The van der Waals surface area contributed by atoms with Crippen molar-refractivity contribution in [3.63, 3.8) is 0 Å². The number of piperidine rings is 1. The lowest BCUT2D eigenvalue weighted by molar-refractivity contribution is -0.167. The Morgan fingerprint density at radius 3 is 2.42 bits per heavy atom. The average molecular weight is 459 g/mol. The molecular formula is C29H50N2O2. The minimum absolute atomic E-state index is 0.293. The molecule has 0 aromatic rings. The van der Waals surface area contributed by atoms with Gasteiger partial charge in [-0.05, 0) is 105 Å². The van der Waals surface area contributed by atoms with E-state index in [2.05, 4.69) is 53.5 Å². The van der Waals surface area contributed by atoms with Gasteiger partial charge in [0.1, 0.15) is 0 Å². The molecule has 0 aromatic heterocycles. The SMILES string of the molecule is CCN(CC)C(=O)CC[C@@H](C)[C@H]1CC[C@H]2[C@@H]3C(C)C[C@H]4N(C)C(=O)CC[C@]4(C)[C@H]3CC[C@]12C. The first kappa shape index (κ1) is 25.0. The number of likely N-dealkylation sites (tertiary alicyclic amines) is 1. The Labute approximate surface area is 203 Å². The third-order valence-electron chi connectivity index (χ3n) is 11.6. The maximum atomic E-state index is 12.6. The summed E-state index contributed by atoms with van der Waals surface area (Å²) in [6, 6.07) is 0.432. The van der Waals surface area contributed by atoms with E-state index in [1.54, 1.807) is 0 Å². The van der Waals surface area contributed by atoms with Crippen LogP contribution in [0.15, 0.2) is 0 Å². The van der Waals surface area contributed by atoms with Crippen LogP contribution in [0.2, 0.25) is 0 Å². The number of fused-ring (bicyclic) bond motifs is 5. The van der Waals surface area contributed by atoms with Crippen molar-refractivity contribution in [2.75, 3.05) is 20.1 Å². The van der Waals surface area contributed by atoms with Crippen molar-refractivity contribution in [3.8, 4) is 0 Å². The Balaban J connectivity index is 1.49. The summed E-state index contributed by atoms with van der Waals surface area (Å²) in [7, 11) is 2.07. The largest absolute Gasteiger partial charge is 0.343 e. The first-order chi connectivity index (χ1) is 15.6. The standard InChI is InChI=1S/C29H50N2O2/c1-8-31(9-2)26(33)13-10-19(3)21-11-12-22-27-20(4)18-24-29(6,17-15-25(32)30(24)7)23(27)14-16-28(21,22)5/h19-24,27H,8-18H2,1-7H3/t19-,20?,21-,22+,23+,24-,27+,28-,29-/m1/s1. The van der Waals surface area contributed by atoms with E-state index < -0.39 is 0 Å². The van der Waals surface area contributed by atoms with Crippen LogP contribution in [0, 0.1) is 46.3 Å². The average Bonchev–Trinajstić information content (AvgIpc) is 3.14. The highest BCUT2D eigenvalue weighted by Gasteiger charge is 2.63. The fourth-order valence-electron chi connectivity index (χ4n) is 9.72. The van der Waals surface area contributed by atoms with Gasteiger partial charge < -0.3 is 9.80 Å². The molecule has 4 rings (SSSR count). The van der Waals surface area contributed by atoms with Gasteiger partial charge in [0.2, 0.25) is 11.8 Å². The smallest absolute Gasteiger partial charge is 0.222 e. The summed E-state index contributed by atoms with van der Waals surface area (Å²) in [6.45, 7) is 15.9. The first-order valence-corrected chi connectivity index (χ1v) is 14.1. The van der Waals surface area contributed by atoms with E-state index in [1.807, 2.05) is 4.90 Å². The van der Waals surface area contributed by atoms with Crippen LogP contribution in [-0.2, 0) is 9.59 Å². The van der Waals surface area contributed by atoms with Gasteiger partial charge in [0, 0.05) is 39.0 Å². The predicted molar refractivity (Wildman–Crippen MR) is 135 cm³/mol. The number of hydrogen-bond acceptors (Lipinski definition) is 2. The molecule has 9 atom stereocenters. The molecule has 4 nitrogen and oxygen atoms in total. The number of nitrogens with zero attached hydrogens (tertiary/aromatic N) is 2. The molecule has 0 N–H and O–H groups in total. The summed E-state index contributed by atoms with van der Waals surface area (Å²) in [6.07, 6.45) is 10.1. The minimum Gasteiger partial charge on any atom is -0.343 e. The molecule has 33 heavy (non-hydrogen) atoms. The van der Waals surface area contributed by atoms with Crippen LogP contribution in [0.3, 0.4) is 0 Å². The molecule has 1 heterocycles. The molecule has 1 unspecified atom stereocenters. The third kappa shape index (κ3) is 3.96. The monoisotopic (exact) mass is 458 g/mol. The van der Waals surface area contributed by atoms with Gasteiger partial charge in [-0.25, -0.2) is 0 Å². The summed E-state index contributed by atoms with van der Waals surface area (Å²) in [5.74, 6) is 5.16. The fraction of sp³-hybridized carbons (Fsp3) is 0.931. The molecule has 188 valence electrons. The van der Waals surface area contributed by atoms with E-state index in [-0.39, 0.29) is 0 Å². The second-order valence-electron chi connectivity index (χ2n) is 12.8. The molecule has 0 radical (unpaired) electrons. The minimum atomic E-state index is 0.293. The normalized spacial score (nSPS) is 43.5. The van der Waals surface area contributed by atoms with Crippen molar-refractivity contribution in [2.45, 2.75) is 105 Å². The lowest BCUT2D eigenvalue weighted by atomic mass is 9.44. The quantitative estimate of drug-likeness (QED) is 0.490. The van der Waals surface area contributed by atoms with Crippen molar-refractivity contribution in [2.24, 2.45) is 46.3 Å². The van der Waals surface area contributed by atoms with Gasteiger partial charge in [-0.1, -0.05) is 27.7 Å². The zero-order chi connectivity index (χ0) is 24.1. The van der Waals surface area contributed by atoms with Gasteiger partial charge in [-0.15, -0.1) is 0 Å². The lowest BCUT2D eigenvalue weighted by Gasteiger charge is -2.64. The van der Waals surface area contributed by atoms with Crippen molar-refractivity contribution in [1.29, 1.82) is 0 Å². The summed E-state index contributed by atoms with van der Waals surface area (Å²) in [4.78, 5) is 29.2. The van der Waals surface area contributed by atoms with Gasteiger partial charge in [0.25, 0.3) is 0 Å². The molecule has 1 aliphatic heterocycles. The third-order valence-corrected chi connectivity index (χ3v) is 11.6. The Morgan fingerprint density at radius 1 is 1.09 bits per heavy atom. The fourth-order valence-corrected chi connectivity index (χ4v) is 9.72. The highest BCUT2D eigenvalue weighted by atomic mass is 16.2. The van der Waals surface area contributed by atoms with E-state index in [9.17, 15) is 9.59 Å². The molecule has 1 saturated heterocycles. The molecule has 4 aliphatic rings. The van der Waals surface area contributed by atoms with Gasteiger partial charge in [0.15, 0.2) is 0 Å². The molecule has 0 spiro atoms. The Hall–Kier alpha value is -1.06. The highest BCUT2D eigenvalue weighted by Crippen LogP contribution is 2.68. The van der Waals surface area contributed by atoms with Gasteiger partial charge in [-0.3, -0.25) is 9.59 Å². The molecule has 4 fully saturated rings. The molecule has 3 saturated carbocycles. The van der Waals surface area contributed by atoms with Gasteiger partial charge in [0.05, 0.1) is 0 Å². The number of rotatable bonds is 6. The number of carbonyl (C=O) groups excluding carboxylic acids is 2.